The molecule has 3 N–H and O–H groups in total. The highest BCUT2D eigenvalue weighted by Gasteiger charge is 2.14. The molecular weight excluding hydrogens is 168 g/mol. The van der Waals surface area contributed by atoms with E-state index in [-0.39, 0.29) is 0 Å². The van der Waals surface area contributed by atoms with Gasteiger partial charge in [0.15, 0.2) is 0 Å². The first-order valence-electron chi connectivity index (χ1n) is 3.23. The van der Waals surface area contributed by atoms with Crippen LogP contribution in [-0.2, 0) is 14.3 Å². The highest BCUT2D eigenvalue weighted by molar-refractivity contribution is 5.90. The molecule has 0 aliphatic rings. The average molecular weight is 178 g/mol. The second-order valence-corrected chi connectivity index (χ2v) is 2.05. The van der Waals surface area contributed by atoms with Gasteiger partial charge in [0.05, 0.1) is 13.2 Å². The van der Waals surface area contributed by atoms with Gasteiger partial charge < -0.3 is 20.1 Å². The lowest BCUT2D eigenvalue weighted by atomic mass is 10.4. The highest BCUT2D eigenvalue weighted by atomic mass is 16.6. The molecule has 0 fully saturated rings. The van der Waals surface area contributed by atoms with Crippen LogP contribution in [0.15, 0.2) is 0 Å². The molecule has 0 bridgehead atoms. The summed E-state index contributed by atoms with van der Waals surface area (Å²) in [6.07, 6.45) is -1.80. The molecule has 0 unspecified atom stereocenters. The molecule has 6 heteroatoms. The third-order valence-electron chi connectivity index (χ3n) is 1.00. The third-order valence-corrected chi connectivity index (χ3v) is 1.00. The fourth-order valence-electron chi connectivity index (χ4n) is 0.483. The van der Waals surface area contributed by atoms with Crippen molar-refractivity contribution in [3.05, 3.63) is 0 Å². The van der Waals surface area contributed by atoms with E-state index in [4.69, 9.17) is 15.3 Å². The first-order valence-corrected chi connectivity index (χ1v) is 3.23. The van der Waals surface area contributed by atoms with Crippen LogP contribution < -0.4 is 0 Å². The molecule has 0 spiro atoms. The Balaban J connectivity index is 3.74. The number of carboxylic acids is 1. The summed E-state index contributed by atoms with van der Waals surface area (Å²) in [5.41, 5.74) is 0. The van der Waals surface area contributed by atoms with E-state index in [1.54, 1.807) is 0 Å². The van der Waals surface area contributed by atoms with E-state index >= 15 is 0 Å². The summed E-state index contributed by atoms with van der Waals surface area (Å²) in [5, 5.41) is 25.0. The molecule has 0 aromatic carbocycles. The number of carbonyl (C=O) groups excluding carboxylic acids is 1. The minimum Gasteiger partial charge on any atom is -0.481 e. The maximum atomic E-state index is 10.6. The standard InChI is InChI=1S/C6H10O6/c7-2-4(3-8)12-6(11)1-5(9)10/h4,7-8H,1-3H2,(H,9,10). The maximum Gasteiger partial charge on any atom is 0.317 e. The van der Waals surface area contributed by atoms with Crippen LogP contribution in [0.25, 0.3) is 0 Å². The van der Waals surface area contributed by atoms with Gasteiger partial charge >= 0.3 is 11.9 Å². The molecule has 0 saturated heterocycles. The van der Waals surface area contributed by atoms with Crippen molar-refractivity contribution in [2.24, 2.45) is 0 Å². The molecule has 70 valence electrons. The Hall–Kier alpha value is -1.14. The van der Waals surface area contributed by atoms with Gasteiger partial charge in [-0.15, -0.1) is 0 Å². The monoisotopic (exact) mass is 178 g/mol. The Bertz CT molecular complexity index is 161. The zero-order chi connectivity index (χ0) is 9.56. The van der Waals surface area contributed by atoms with Gasteiger partial charge in [0.25, 0.3) is 0 Å². The van der Waals surface area contributed by atoms with E-state index in [2.05, 4.69) is 4.74 Å². The van der Waals surface area contributed by atoms with Crippen molar-refractivity contribution in [3.63, 3.8) is 0 Å². The number of ether oxygens (including phenoxy) is 1. The normalized spacial score (nSPS) is 9.92. The summed E-state index contributed by atoms with van der Waals surface area (Å²) in [6.45, 7) is -1.05. The fourth-order valence-corrected chi connectivity index (χ4v) is 0.483. The lowest BCUT2D eigenvalue weighted by molar-refractivity contribution is -0.158. The number of carboxylic acid groups (broad SMARTS) is 1. The molecule has 0 aromatic rings. The Labute approximate surface area is 68.4 Å². The van der Waals surface area contributed by atoms with Crippen LogP contribution in [0, 0.1) is 0 Å². The van der Waals surface area contributed by atoms with Crippen LogP contribution in [0.4, 0.5) is 0 Å². The summed E-state index contributed by atoms with van der Waals surface area (Å²) >= 11 is 0. The largest absolute Gasteiger partial charge is 0.481 e. The maximum absolute atomic E-state index is 10.6. The molecule has 0 aliphatic carbocycles. The lowest BCUT2D eigenvalue weighted by Crippen LogP contribution is -2.26. The van der Waals surface area contributed by atoms with Gasteiger partial charge in [-0.1, -0.05) is 0 Å². The predicted molar refractivity (Wildman–Crippen MR) is 36.3 cm³/mol. The van der Waals surface area contributed by atoms with Gasteiger partial charge in [0, 0.05) is 0 Å². The molecule has 0 atom stereocenters. The van der Waals surface area contributed by atoms with E-state index in [9.17, 15) is 9.59 Å². The summed E-state index contributed by atoms with van der Waals surface area (Å²) < 4.78 is 4.34. The van der Waals surface area contributed by atoms with Crippen LogP contribution in [0.1, 0.15) is 6.42 Å². The molecule has 0 amide bonds. The molecule has 6 nitrogen and oxygen atoms in total. The Morgan fingerprint density at radius 2 is 1.75 bits per heavy atom. The number of esters is 1. The minimum absolute atomic E-state index is 0.526. The summed E-state index contributed by atoms with van der Waals surface area (Å²) in [4.78, 5) is 20.5. The number of carbonyl (C=O) groups is 2. The number of rotatable bonds is 5. The average Bonchev–Trinajstić information content (AvgIpc) is 1.98. The van der Waals surface area contributed by atoms with Crippen molar-refractivity contribution in [2.45, 2.75) is 12.5 Å². The van der Waals surface area contributed by atoms with Crippen molar-refractivity contribution >= 4 is 11.9 Å². The molecule has 0 saturated carbocycles. The zero-order valence-corrected chi connectivity index (χ0v) is 6.27. The quantitative estimate of drug-likeness (QED) is 0.344. The second-order valence-electron chi connectivity index (χ2n) is 2.05. The van der Waals surface area contributed by atoms with Gasteiger partial charge in [-0.2, -0.15) is 0 Å². The van der Waals surface area contributed by atoms with Crippen molar-refractivity contribution in [1.82, 2.24) is 0 Å². The SMILES string of the molecule is O=C(O)CC(=O)OC(CO)CO. The Kier molecular flexibility index (Phi) is 4.98. The predicted octanol–water partition coefficient (Wildman–Crippen LogP) is -1.64. The number of aliphatic hydroxyl groups excluding tert-OH is 2. The zero-order valence-electron chi connectivity index (χ0n) is 6.27. The van der Waals surface area contributed by atoms with E-state index in [1.165, 1.54) is 0 Å². The molecule has 0 radical (unpaired) electrons. The highest BCUT2D eigenvalue weighted by Crippen LogP contribution is 1.93. The number of hydrogen-bond acceptors (Lipinski definition) is 5. The van der Waals surface area contributed by atoms with Crippen LogP contribution in [0.3, 0.4) is 0 Å². The first-order chi connectivity index (χ1) is 5.60. The van der Waals surface area contributed by atoms with E-state index < -0.39 is 37.7 Å². The summed E-state index contributed by atoms with van der Waals surface area (Å²) in [5.74, 6) is -2.29. The van der Waals surface area contributed by atoms with E-state index in [1.807, 2.05) is 0 Å². The van der Waals surface area contributed by atoms with Crippen molar-refractivity contribution in [3.8, 4) is 0 Å². The minimum atomic E-state index is -1.31. The van der Waals surface area contributed by atoms with Crippen LogP contribution in [0.5, 0.6) is 0 Å². The second kappa shape index (κ2) is 5.50. The number of aliphatic hydroxyl groups is 2. The number of hydrogen-bond donors (Lipinski definition) is 3. The molecule has 0 aromatic heterocycles. The molecular formula is C6H10O6. The molecule has 0 aliphatic heterocycles. The van der Waals surface area contributed by atoms with Crippen LogP contribution in [-0.4, -0.2) is 46.6 Å². The third kappa shape index (κ3) is 4.64. The Morgan fingerprint density at radius 1 is 1.25 bits per heavy atom. The smallest absolute Gasteiger partial charge is 0.317 e. The van der Waals surface area contributed by atoms with Gasteiger partial charge in [0.1, 0.15) is 12.5 Å². The molecule has 12 heavy (non-hydrogen) atoms. The van der Waals surface area contributed by atoms with E-state index in [0.717, 1.165) is 0 Å². The summed E-state index contributed by atoms with van der Waals surface area (Å²) in [6, 6.07) is 0. The van der Waals surface area contributed by atoms with Gasteiger partial charge in [-0.25, -0.2) is 0 Å². The van der Waals surface area contributed by atoms with Crippen molar-refractivity contribution in [1.29, 1.82) is 0 Å². The molecule has 0 heterocycles. The van der Waals surface area contributed by atoms with Crippen LogP contribution in [0.2, 0.25) is 0 Å². The lowest BCUT2D eigenvalue weighted by Gasteiger charge is -2.10. The first kappa shape index (κ1) is 10.9. The van der Waals surface area contributed by atoms with Crippen LogP contribution >= 0.6 is 0 Å². The van der Waals surface area contributed by atoms with Gasteiger partial charge in [0.2, 0.25) is 0 Å². The summed E-state index contributed by atoms with van der Waals surface area (Å²) in [7, 11) is 0. The number of aliphatic carboxylic acids is 1. The van der Waals surface area contributed by atoms with Gasteiger partial charge in [-0.05, 0) is 0 Å². The van der Waals surface area contributed by atoms with E-state index in [0.29, 0.717) is 0 Å². The van der Waals surface area contributed by atoms with Crippen molar-refractivity contribution in [2.75, 3.05) is 13.2 Å². The fraction of sp³-hybridized carbons (Fsp3) is 0.667. The molecule has 0 rings (SSSR count). The van der Waals surface area contributed by atoms with Gasteiger partial charge in [-0.3, -0.25) is 9.59 Å². The Morgan fingerprint density at radius 3 is 2.08 bits per heavy atom. The van der Waals surface area contributed by atoms with Crippen molar-refractivity contribution < 1.29 is 29.6 Å². The topological polar surface area (TPSA) is 104 Å².